The molecule has 0 saturated heterocycles. The van der Waals surface area contributed by atoms with Gasteiger partial charge in [-0.2, -0.15) is 8.42 Å². The number of nitro benzene ring substituents is 1. The molecule has 0 bridgehead atoms. The maximum Gasteiger partial charge on any atom is 0.339 e. The summed E-state index contributed by atoms with van der Waals surface area (Å²) >= 11 is 0. The lowest BCUT2D eigenvalue weighted by molar-refractivity contribution is -0.385. The molecule has 0 spiro atoms. The van der Waals surface area contributed by atoms with Crippen LogP contribution in [0.1, 0.15) is 10.4 Å². The molecule has 0 aliphatic rings. The summed E-state index contributed by atoms with van der Waals surface area (Å²) in [5.41, 5.74) is -0.100. The van der Waals surface area contributed by atoms with Crippen LogP contribution < -0.4 is 9.50 Å². The molecule has 0 unspecified atom stereocenters. The maximum atomic E-state index is 12.3. The molecule has 0 fully saturated rings. The summed E-state index contributed by atoms with van der Waals surface area (Å²) in [7, 11) is -4.27. The van der Waals surface area contributed by atoms with Crippen LogP contribution in [0, 0.1) is 10.1 Å². The highest BCUT2D eigenvalue weighted by Crippen LogP contribution is 2.22. The molecule has 1 heterocycles. The fourth-order valence-electron chi connectivity index (χ4n) is 2.21. The zero-order valence-corrected chi connectivity index (χ0v) is 15.0. The molecule has 0 saturated carbocycles. The Balaban J connectivity index is 1.74. The van der Waals surface area contributed by atoms with Gasteiger partial charge in [-0.1, -0.05) is 12.1 Å². The minimum Gasteiger partial charge on any atom is -0.379 e. The first kappa shape index (κ1) is 19.0. The van der Waals surface area contributed by atoms with E-state index in [-0.39, 0.29) is 21.9 Å². The molecule has 1 aromatic heterocycles. The van der Waals surface area contributed by atoms with Gasteiger partial charge in [0.2, 0.25) is 0 Å². The van der Waals surface area contributed by atoms with E-state index in [0.29, 0.717) is 5.82 Å². The average molecular weight is 399 g/mol. The van der Waals surface area contributed by atoms with E-state index in [1.165, 1.54) is 48.7 Å². The van der Waals surface area contributed by atoms with Gasteiger partial charge in [0.15, 0.2) is 0 Å². The van der Waals surface area contributed by atoms with Crippen molar-refractivity contribution in [1.82, 2.24) is 4.98 Å². The monoisotopic (exact) mass is 399 g/mol. The molecule has 0 aliphatic carbocycles. The van der Waals surface area contributed by atoms with E-state index >= 15 is 0 Å². The largest absolute Gasteiger partial charge is 0.379 e. The first-order valence-corrected chi connectivity index (χ1v) is 9.27. The molecule has 2 aromatic carbocycles. The van der Waals surface area contributed by atoms with Crippen molar-refractivity contribution in [2.45, 2.75) is 4.90 Å². The number of rotatable bonds is 6. The molecule has 0 aliphatic heterocycles. The second kappa shape index (κ2) is 7.84. The number of benzene rings is 2. The Kier molecular flexibility index (Phi) is 5.32. The van der Waals surface area contributed by atoms with Crippen molar-refractivity contribution < 1.29 is 22.3 Å². The van der Waals surface area contributed by atoms with Gasteiger partial charge in [0.1, 0.15) is 16.5 Å². The Bertz CT molecular complexity index is 1120. The number of aromatic nitrogens is 1. The van der Waals surface area contributed by atoms with Crippen LogP contribution in [0.4, 0.5) is 11.5 Å². The number of hydrogen-bond donors (Lipinski definition) is 1. The summed E-state index contributed by atoms with van der Waals surface area (Å²) in [6, 6.07) is 15.0. The topological polar surface area (TPSA) is 128 Å². The first-order valence-electron chi connectivity index (χ1n) is 7.86. The van der Waals surface area contributed by atoms with Gasteiger partial charge in [0, 0.05) is 23.9 Å². The SMILES string of the molecule is O=C(Nc1ccccn1)c1ccc(OS(=O)(=O)c2cccc([N+](=O)[O-])c2)cc1. The smallest absolute Gasteiger partial charge is 0.339 e. The summed E-state index contributed by atoms with van der Waals surface area (Å²) in [5.74, 6) is -0.0891. The summed E-state index contributed by atoms with van der Waals surface area (Å²) in [6.07, 6.45) is 1.53. The van der Waals surface area contributed by atoms with Crippen LogP contribution in [0.2, 0.25) is 0 Å². The Morgan fingerprint density at radius 1 is 1.04 bits per heavy atom. The van der Waals surface area contributed by atoms with Crippen LogP contribution in [0.15, 0.2) is 77.8 Å². The standard InChI is InChI=1S/C18H13N3O6S/c22-18(20-17-6-1-2-11-19-17)13-7-9-15(10-8-13)27-28(25,26)16-5-3-4-14(12-16)21(23)24/h1-12H,(H,19,20,22). The number of carbonyl (C=O) groups excluding carboxylic acids is 1. The minimum atomic E-state index is -4.27. The average Bonchev–Trinajstić information content (AvgIpc) is 2.69. The van der Waals surface area contributed by atoms with Crippen molar-refractivity contribution in [1.29, 1.82) is 0 Å². The Labute approximate surface area is 159 Å². The van der Waals surface area contributed by atoms with E-state index < -0.39 is 20.9 Å². The number of carbonyl (C=O) groups is 1. The highest BCUT2D eigenvalue weighted by Gasteiger charge is 2.20. The van der Waals surface area contributed by atoms with Crippen LogP contribution in [0.25, 0.3) is 0 Å². The maximum absolute atomic E-state index is 12.3. The number of hydrogen-bond acceptors (Lipinski definition) is 7. The van der Waals surface area contributed by atoms with E-state index in [1.807, 2.05) is 0 Å². The molecule has 142 valence electrons. The van der Waals surface area contributed by atoms with Crippen LogP contribution >= 0.6 is 0 Å². The van der Waals surface area contributed by atoms with E-state index in [0.717, 1.165) is 6.07 Å². The van der Waals surface area contributed by atoms with Crippen LogP contribution in [-0.4, -0.2) is 24.2 Å². The van der Waals surface area contributed by atoms with Gasteiger partial charge in [-0.15, -0.1) is 0 Å². The van der Waals surface area contributed by atoms with Crippen molar-refractivity contribution in [3.8, 4) is 5.75 Å². The van der Waals surface area contributed by atoms with E-state index in [1.54, 1.807) is 18.2 Å². The second-order valence-corrected chi connectivity index (χ2v) is 7.03. The van der Waals surface area contributed by atoms with Crippen LogP contribution in [0.3, 0.4) is 0 Å². The van der Waals surface area contributed by atoms with Crippen molar-refractivity contribution in [3.63, 3.8) is 0 Å². The number of nitrogens with zero attached hydrogens (tertiary/aromatic N) is 2. The predicted molar refractivity (Wildman–Crippen MR) is 99.5 cm³/mol. The quantitative estimate of drug-likeness (QED) is 0.383. The summed E-state index contributed by atoms with van der Waals surface area (Å²) in [6.45, 7) is 0. The van der Waals surface area contributed by atoms with Gasteiger partial charge in [0.05, 0.1) is 4.92 Å². The molecule has 1 N–H and O–H groups in total. The fourth-order valence-corrected chi connectivity index (χ4v) is 3.19. The van der Waals surface area contributed by atoms with Gasteiger partial charge in [-0.05, 0) is 42.5 Å². The highest BCUT2D eigenvalue weighted by molar-refractivity contribution is 7.87. The van der Waals surface area contributed by atoms with Gasteiger partial charge in [-0.25, -0.2) is 4.98 Å². The van der Waals surface area contributed by atoms with E-state index in [9.17, 15) is 23.3 Å². The second-order valence-electron chi connectivity index (χ2n) is 5.49. The zero-order valence-electron chi connectivity index (χ0n) is 14.2. The summed E-state index contributed by atoms with van der Waals surface area (Å²) in [4.78, 5) is 25.9. The third-order valence-corrected chi connectivity index (χ3v) is 4.79. The molecule has 3 aromatic rings. The molecule has 9 nitrogen and oxygen atoms in total. The zero-order chi connectivity index (χ0) is 20.1. The molecule has 0 radical (unpaired) electrons. The molecular weight excluding hydrogens is 386 g/mol. The molecule has 10 heteroatoms. The molecule has 3 rings (SSSR count). The first-order chi connectivity index (χ1) is 13.3. The Morgan fingerprint density at radius 3 is 2.43 bits per heavy atom. The van der Waals surface area contributed by atoms with Gasteiger partial charge >= 0.3 is 10.1 Å². The number of amides is 1. The predicted octanol–water partition coefficient (Wildman–Crippen LogP) is 3.01. The lowest BCUT2D eigenvalue weighted by atomic mass is 10.2. The normalized spacial score (nSPS) is 10.9. The van der Waals surface area contributed by atoms with Crippen molar-refractivity contribution in [3.05, 3.63) is 88.6 Å². The van der Waals surface area contributed by atoms with E-state index in [4.69, 9.17) is 4.18 Å². The van der Waals surface area contributed by atoms with E-state index in [2.05, 4.69) is 10.3 Å². The number of nitrogens with one attached hydrogen (secondary N) is 1. The highest BCUT2D eigenvalue weighted by atomic mass is 32.2. The lowest BCUT2D eigenvalue weighted by Crippen LogP contribution is -2.13. The molecular formula is C18H13N3O6S. The van der Waals surface area contributed by atoms with Gasteiger partial charge in [-0.3, -0.25) is 14.9 Å². The van der Waals surface area contributed by atoms with Crippen molar-refractivity contribution >= 4 is 27.5 Å². The molecule has 1 amide bonds. The minimum absolute atomic E-state index is 0.0408. The lowest BCUT2D eigenvalue weighted by Gasteiger charge is -2.08. The third-order valence-electron chi connectivity index (χ3n) is 3.55. The molecule has 0 atom stereocenters. The van der Waals surface area contributed by atoms with Crippen LogP contribution in [-0.2, 0) is 10.1 Å². The summed E-state index contributed by atoms with van der Waals surface area (Å²) < 4.78 is 29.6. The number of anilines is 1. The Hall–Kier alpha value is -3.79. The van der Waals surface area contributed by atoms with Crippen LogP contribution in [0.5, 0.6) is 5.75 Å². The fraction of sp³-hybridized carbons (Fsp3) is 0. The number of nitro groups is 1. The van der Waals surface area contributed by atoms with Crippen molar-refractivity contribution in [2.24, 2.45) is 0 Å². The van der Waals surface area contributed by atoms with Gasteiger partial charge in [0.25, 0.3) is 11.6 Å². The Morgan fingerprint density at radius 2 is 1.79 bits per heavy atom. The van der Waals surface area contributed by atoms with Crippen molar-refractivity contribution in [2.75, 3.05) is 5.32 Å². The van der Waals surface area contributed by atoms with Gasteiger partial charge < -0.3 is 9.50 Å². The number of non-ortho nitro benzene ring substituents is 1. The molecule has 28 heavy (non-hydrogen) atoms. The summed E-state index contributed by atoms with van der Waals surface area (Å²) in [5, 5.41) is 13.4. The number of pyridine rings is 1. The third kappa shape index (κ3) is 4.48.